The zero-order chi connectivity index (χ0) is 24.5. The summed E-state index contributed by atoms with van der Waals surface area (Å²) in [5.74, 6) is 0.0252. The molecule has 1 aromatic rings. The summed E-state index contributed by atoms with van der Waals surface area (Å²) in [7, 11) is 0. The zero-order valence-corrected chi connectivity index (χ0v) is 20.3. The summed E-state index contributed by atoms with van der Waals surface area (Å²) in [6.45, 7) is 5.92. The number of halogens is 3. The van der Waals surface area contributed by atoms with Gasteiger partial charge in [-0.25, -0.2) is 0 Å². The summed E-state index contributed by atoms with van der Waals surface area (Å²) in [4.78, 5) is 1.97. The summed E-state index contributed by atoms with van der Waals surface area (Å²) in [5, 5.41) is 22.0. The van der Waals surface area contributed by atoms with Gasteiger partial charge in [-0.2, -0.15) is 13.2 Å². The number of benzene rings is 1. The lowest BCUT2D eigenvalue weighted by molar-refractivity contribution is -0.137. The van der Waals surface area contributed by atoms with Gasteiger partial charge in [0.05, 0.1) is 5.56 Å². The molecule has 0 heterocycles. The average molecular weight is 470 g/mol. The van der Waals surface area contributed by atoms with Crippen molar-refractivity contribution in [3.05, 3.63) is 29.8 Å². The molecule has 0 radical (unpaired) electrons. The molecule has 1 rings (SSSR count). The summed E-state index contributed by atoms with van der Waals surface area (Å²) in [6.07, 6.45) is 9.69. The largest absolute Gasteiger partial charge is 0.416 e. The van der Waals surface area contributed by atoms with Gasteiger partial charge >= 0.3 is 6.18 Å². The Morgan fingerprint density at radius 1 is 0.758 bits per heavy atom. The first-order valence-electron chi connectivity index (χ1n) is 12.4. The number of hydrogen-bond donors (Lipinski definition) is 4. The summed E-state index contributed by atoms with van der Waals surface area (Å²) in [6, 6.07) is 4.52. The van der Waals surface area contributed by atoms with Gasteiger partial charge in [0.1, 0.15) is 0 Å². The van der Waals surface area contributed by atoms with Crippen molar-refractivity contribution in [2.24, 2.45) is 0 Å². The SMILES string of the molecule is CCCCCCCCN(CCCCCCCC)C(=N)NC(=N)Nc1ccc(C(F)(F)F)cc1. The van der Waals surface area contributed by atoms with E-state index >= 15 is 0 Å². The number of guanidine groups is 2. The summed E-state index contributed by atoms with van der Waals surface area (Å²) in [5.41, 5.74) is -0.365. The second-order valence-electron chi connectivity index (χ2n) is 8.57. The third kappa shape index (κ3) is 13.1. The Kier molecular flexibility index (Phi) is 14.3. The first-order chi connectivity index (χ1) is 15.8. The monoisotopic (exact) mass is 469 g/mol. The van der Waals surface area contributed by atoms with Crippen LogP contribution >= 0.6 is 0 Å². The lowest BCUT2D eigenvalue weighted by Gasteiger charge is -2.26. The molecule has 188 valence electrons. The number of nitrogens with zero attached hydrogens (tertiary/aromatic N) is 1. The van der Waals surface area contributed by atoms with E-state index in [9.17, 15) is 13.2 Å². The smallest absolute Gasteiger partial charge is 0.343 e. The number of nitrogens with one attached hydrogen (secondary N) is 4. The first-order valence-corrected chi connectivity index (χ1v) is 12.4. The van der Waals surface area contributed by atoms with E-state index < -0.39 is 11.7 Å². The van der Waals surface area contributed by atoms with Crippen molar-refractivity contribution >= 4 is 17.6 Å². The topological polar surface area (TPSA) is 75.0 Å². The van der Waals surface area contributed by atoms with Crippen molar-refractivity contribution in [1.82, 2.24) is 10.2 Å². The van der Waals surface area contributed by atoms with Gasteiger partial charge < -0.3 is 10.2 Å². The molecule has 0 aromatic heterocycles. The first kappa shape index (κ1) is 28.8. The maximum absolute atomic E-state index is 12.7. The van der Waals surface area contributed by atoms with Gasteiger partial charge in [-0.05, 0) is 37.1 Å². The Bertz CT molecular complexity index is 658. The highest BCUT2D eigenvalue weighted by Gasteiger charge is 2.29. The lowest BCUT2D eigenvalue weighted by Crippen LogP contribution is -2.46. The van der Waals surface area contributed by atoms with Crippen LogP contribution in [0.2, 0.25) is 0 Å². The molecule has 0 saturated heterocycles. The van der Waals surface area contributed by atoms with Crippen molar-refractivity contribution in [3.8, 4) is 0 Å². The minimum absolute atomic E-state index is 0.129. The second-order valence-corrected chi connectivity index (χ2v) is 8.57. The molecule has 4 N–H and O–H groups in total. The summed E-state index contributed by atoms with van der Waals surface area (Å²) < 4.78 is 38.1. The fourth-order valence-electron chi connectivity index (χ4n) is 3.62. The van der Waals surface area contributed by atoms with Crippen LogP contribution < -0.4 is 10.6 Å². The minimum Gasteiger partial charge on any atom is -0.343 e. The number of alkyl halides is 3. The van der Waals surface area contributed by atoms with Gasteiger partial charge in [0.2, 0.25) is 0 Å². The average Bonchev–Trinajstić information content (AvgIpc) is 2.76. The van der Waals surface area contributed by atoms with Crippen molar-refractivity contribution in [3.63, 3.8) is 0 Å². The third-order valence-electron chi connectivity index (χ3n) is 5.60. The highest BCUT2D eigenvalue weighted by molar-refractivity contribution is 6.02. The highest BCUT2D eigenvalue weighted by atomic mass is 19.4. The lowest BCUT2D eigenvalue weighted by atomic mass is 10.1. The van der Waals surface area contributed by atoms with Crippen molar-refractivity contribution in [1.29, 1.82) is 10.8 Å². The molecule has 0 fully saturated rings. The van der Waals surface area contributed by atoms with E-state index in [1.165, 1.54) is 63.5 Å². The Hall–Kier alpha value is -2.25. The number of anilines is 1. The van der Waals surface area contributed by atoms with Gasteiger partial charge in [0.25, 0.3) is 0 Å². The number of rotatable bonds is 15. The minimum atomic E-state index is -4.39. The van der Waals surface area contributed by atoms with E-state index in [2.05, 4.69) is 24.5 Å². The third-order valence-corrected chi connectivity index (χ3v) is 5.60. The molecule has 0 aliphatic heterocycles. The van der Waals surface area contributed by atoms with Gasteiger partial charge in [-0.3, -0.25) is 16.1 Å². The van der Waals surface area contributed by atoms with Crippen LogP contribution in [0.4, 0.5) is 18.9 Å². The molecule has 5 nitrogen and oxygen atoms in total. The molecule has 0 aliphatic carbocycles. The van der Waals surface area contributed by atoms with Crippen LogP contribution in [-0.4, -0.2) is 29.9 Å². The Balaban J connectivity index is 2.53. The van der Waals surface area contributed by atoms with Gasteiger partial charge in [-0.15, -0.1) is 0 Å². The van der Waals surface area contributed by atoms with Crippen LogP contribution in [0.5, 0.6) is 0 Å². The molecule has 33 heavy (non-hydrogen) atoms. The van der Waals surface area contributed by atoms with E-state index in [1.54, 1.807) is 0 Å². The maximum atomic E-state index is 12.7. The molecule has 0 spiro atoms. The van der Waals surface area contributed by atoms with Gasteiger partial charge in [0, 0.05) is 18.8 Å². The van der Waals surface area contributed by atoms with Crippen LogP contribution in [-0.2, 0) is 6.18 Å². The molecule has 0 bridgehead atoms. The van der Waals surface area contributed by atoms with Crippen molar-refractivity contribution in [2.75, 3.05) is 18.4 Å². The normalized spacial score (nSPS) is 11.3. The molecule has 0 aliphatic rings. The fraction of sp³-hybridized carbons (Fsp3) is 0.680. The predicted molar refractivity (Wildman–Crippen MR) is 132 cm³/mol. The van der Waals surface area contributed by atoms with Crippen LogP contribution in [0.15, 0.2) is 24.3 Å². The molecule has 0 unspecified atom stereocenters. The van der Waals surface area contributed by atoms with Crippen molar-refractivity contribution in [2.45, 2.75) is 97.1 Å². The Morgan fingerprint density at radius 2 is 1.21 bits per heavy atom. The molecular formula is C25H42F3N5. The van der Waals surface area contributed by atoms with Crippen LogP contribution in [0.1, 0.15) is 96.5 Å². The predicted octanol–water partition coefficient (Wildman–Crippen LogP) is 7.60. The zero-order valence-electron chi connectivity index (χ0n) is 20.3. The number of unbranched alkanes of at least 4 members (excludes halogenated alkanes) is 10. The molecule has 8 heteroatoms. The molecule has 0 amide bonds. The Labute approximate surface area is 197 Å². The standard InChI is InChI=1S/C25H42F3N5/c1-3-5-7-9-11-13-19-33(20-14-12-10-8-6-4-2)24(30)32-23(29)31-22-17-15-21(16-18-22)25(26,27)28/h15-18H,3-14,19-20H2,1-2H3,(H4,29,30,31,32). The van der Waals surface area contributed by atoms with Gasteiger partial charge in [0.15, 0.2) is 11.9 Å². The molecule has 1 aromatic carbocycles. The van der Waals surface area contributed by atoms with Gasteiger partial charge in [-0.1, -0.05) is 78.1 Å². The van der Waals surface area contributed by atoms with E-state index in [0.717, 1.165) is 50.9 Å². The molecule has 0 atom stereocenters. The Morgan fingerprint density at radius 3 is 1.67 bits per heavy atom. The number of hydrogen-bond acceptors (Lipinski definition) is 2. The van der Waals surface area contributed by atoms with E-state index in [1.807, 2.05) is 4.90 Å². The van der Waals surface area contributed by atoms with E-state index in [4.69, 9.17) is 10.8 Å². The fourth-order valence-corrected chi connectivity index (χ4v) is 3.62. The van der Waals surface area contributed by atoms with Crippen LogP contribution in [0.25, 0.3) is 0 Å². The maximum Gasteiger partial charge on any atom is 0.416 e. The van der Waals surface area contributed by atoms with E-state index in [0.29, 0.717) is 5.69 Å². The van der Waals surface area contributed by atoms with Crippen molar-refractivity contribution < 1.29 is 13.2 Å². The molecular weight excluding hydrogens is 427 g/mol. The second kappa shape index (κ2) is 16.4. The molecule has 0 saturated carbocycles. The van der Waals surface area contributed by atoms with E-state index in [-0.39, 0.29) is 11.9 Å². The van der Waals surface area contributed by atoms with Crippen LogP contribution in [0.3, 0.4) is 0 Å². The summed E-state index contributed by atoms with van der Waals surface area (Å²) >= 11 is 0. The highest BCUT2D eigenvalue weighted by Crippen LogP contribution is 2.29. The van der Waals surface area contributed by atoms with Crippen LogP contribution in [0, 0.1) is 10.8 Å². The quantitative estimate of drug-likeness (QED) is 0.121.